The Kier molecular flexibility index (Phi) is 8.60. The Balaban J connectivity index is 1.85. The topological polar surface area (TPSA) is 57.7 Å². The molecule has 1 aromatic carbocycles. The number of hydrogen-bond acceptors (Lipinski definition) is 3. The molecule has 0 amide bonds. The first kappa shape index (κ1) is 19.6. The van der Waals surface area contributed by atoms with Gasteiger partial charge >= 0.3 is 0 Å². The van der Waals surface area contributed by atoms with Gasteiger partial charge in [0.1, 0.15) is 0 Å². The Morgan fingerprint density at radius 1 is 1.16 bits per heavy atom. The van der Waals surface area contributed by atoms with Crippen LogP contribution < -0.4 is 16.0 Å². The first-order valence-electron chi connectivity index (χ1n) is 9.57. The molecular formula is C20H34N4O. The molecule has 0 atom stereocenters. The van der Waals surface area contributed by atoms with Gasteiger partial charge in [0.25, 0.3) is 0 Å². The molecule has 0 heterocycles. The van der Waals surface area contributed by atoms with Crippen LogP contribution in [0.1, 0.15) is 45.1 Å². The molecule has 1 fully saturated rings. The van der Waals surface area contributed by atoms with Gasteiger partial charge in [-0.1, -0.05) is 19.1 Å². The number of methoxy groups -OCH3 is 1. The Labute approximate surface area is 152 Å². The zero-order valence-corrected chi connectivity index (χ0v) is 16.0. The van der Waals surface area contributed by atoms with E-state index in [2.05, 4.69) is 54.1 Å². The third-order valence-corrected chi connectivity index (χ3v) is 4.71. The molecule has 0 aliphatic heterocycles. The Hall–Kier alpha value is -1.75. The van der Waals surface area contributed by atoms with E-state index in [0.717, 1.165) is 30.7 Å². The van der Waals surface area contributed by atoms with E-state index in [0.29, 0.717) is 19.2 Å². The SMILES string of the molecule is CCNC(=NCc1ccc(NCCOC)cc1)NC1CCC(C)CC1. The van der Waals surface area contributed by atoms with Crippen molar-refractivity contribution >= 4 is 11.6 Å². The minimum atomic E-state index is 0.557. The second-order valence-corrected chi connectivity index (χ2v) is 6.91. The van der Waals surface area contributed by atoms with Crippen molar-refractivity contribution in [2.45, 2.75) is 52.1 Å². The number of anilines is 1. The summed E-state index contributed by atoms with van der Waals surface area (Å²) < 4.78 is 5.05. The van der Waals surface area contributed by atoms with Gasteiger partial charge in [0.15, 0.2) is 5.96 Å². The van der Waals surface area contributed by atoms with Crippen LogP contribution in [0.2, 0.25) is 0 Å². The van der Waals surface area contributed by atoms with E-state index in [-0.39, 0.29) is 0 Å². The summed E-state index contributed by atoms with van der Waals surface area (Å²) >= 11 is 0. The summed E-state index contributed by atoms with van der Waals surface area (Å²) in [5.41, 5.74) is 2.33. The van der Waals surface area contributed by atoms with E-state index in [4.69, 9.17) is 9.73 Å². The van der Waals surface area contributed by atoms with Gasteiger partial charge in [-0.3, -0.25) is 0 Å². The van der Waals surface area contributed by atoms with Crippen molar-refractivity contribution in [2.24, 2.45) is 10.9 Å². The second-order valence-electron chi connectivity index (χ2n) is 6.91. The largest absolute Gasteiger partial charge is 0.383 e. The molecule has 2 rings (SSSR count). The van der Waals surface area contributed by atoms with Crippen molar-refractivity contribution in [3.8, 4) is 0 Å². The quantitative estimate of drug-likeness (QED) is 0.384. The number of benzene rings is 1. The Bertz CT molecular complexity index is 507. The van der Waals surface area contributed by atoms with E-state index in [1.54, 1.807) is 7.11 Å². The first-order chi connectivity index (χ1) is 12.2. The zero-order valence-electron chi connectivity index (χ0n) is 16.0. The minimum Gasteiger partial charge on any atom is -0.383 e. The van der Waals surface area contributed by atoms with Gasteiger partial charge in [0.05, 0.1) is 13.2 Å². The molecule has 5 nitrogen and oxygen atoms in total. The highest BCUT2D eigenvalue weighted by molar-refractivity contribution is 5.80. The fraction of sp³-hybridized carbons (Fsp3) is 0.650. The second kappa shape index (κ2) is 11.0. The van der Waals surface area contributed by atoms with Crippen LogP contribution in [-0.2, 0) is 11.3 Å². The van der Waals surface area contributed by atoms with Gasteiger partial charge in [-0.25, -0.2) is 4.99 Å². The average Bonchev–Trinajstić information content (AvgIpc) is 2.63. The maximum absolute atomic E-state index is 5.05. The summed E-state index contributed by atoms with van der Waals surface area (Å²) in [5.74, 6) is 1.80. The maximum Gasteiger partial charge on any atom is 0.191 e. The number of nitrogens with one attached hydrogen (secondary N) is 3. The monoisotopic (exact) mass is 346 g/mol. The van der Waals surface area contributed by atoms with Crippen molar-refractivity contribution in [1.82, 2.24) is 10.6 Å². The average molecular weight is 347 g/mol. The number of rotatable bonds is 8. The van der Waals surface area contributed by atoms with Crippen LogP contribution in [0.5, 0.6) is 0 Å². The first-order valence-corrected chi connectivity index (χ1v) is 9.57. The van der Waals surface area contributed by atoms with E-state index in [1.165, 1.54) is 31.2 Å². The molecule has 0 radical (unpaired) electrons. The summed E-state index contributed by atoms with van der Waals surface area (Å²) in [7, 11) is 1.71. The lowest BCUT2D eigenvalue weighted by molar-refractivity contribution is 0.211. The molecule has 0 spiro atoms. The molecule has 1 aliphatic rings. The molecular weight excluding hydrogens is 312 g/mol. The van der Waals surface area contributed by atoms with Crippen molar-refractivity contribution in [2.75, 3.05) is 32.1 Å². The molecule has 0 bridgehead atoms. The molecule has 5 heteroatoms. The van der Waals surface area contributed by atoms with Crippen LogP contribution in [0.4, 0.5) is 5.69 Å². The van der Waals surface area contributed by atoms with Crippen molar-refractivity contribution < 1.29 is 4.74 Å². The Morgan fingerprint density at radius 2 is 1.88 bits per heavy atom. The van der Waals surface area contributed by atoms with E-state index in [1.807, 2.05) is 0 Å². The predicted octanol–water partition coefficient (Wildman–Crippen LogP) is 3.38. The zero-order chi connectivity index (χ0) is 17.9. The highest BCUT2D eigenvalue weighted by Gasteiger charge is 2.18. The minimum absolute atomic E-state index is 0.557. The van der Waals surface area contributed by atoms with Gasteiger partial charge in [0, 0.05) is 31.9 Å². The van der Waals surface area contributed by atoms with Crippen LogP contribution in [-0.4, -0.2) is 38.8 Å². The van der Waals surface area contributed by atoms with Crippen molar-refractivity contribution in [3.05, 3.63) is 29.8 Å². The summed E-state index contributed by atoms with van der Waals surface area (Å²) in [6, 6.07) is 9.02. The summed E-state index contributed by atoms with van der Waals surface area (Å²) in [6.45, 7) is 7.57. The highest BCUT2D eigenvalue weighted by Crippen LogP contribution is 2.23. The summed E-state index contributed by atoms with van der Waals surface area (Å²) in [6.07, 6.45) is 5.12. The molecule has 1 aliphatic carbocycles. The molecule has 0 saturated heterocycles. The molecule has 1 aromatic rings. The lowest BCUT2D eigenvalue weighted by Crippen LogP contribution is -2.44. The van der Waals surface area contributed by atoms with E-state index in [9.17, 15) is 0 Å². The number of guanidine groups is 1. The third-order valence-electron chi connectivity index (χ3n) is 4.71. The predicted molar refractivity (Wildman–Crippen MR) is 106 cm³/mol. The van der Waals surface area contributed by atoms with Gasteiger partial charge in [0.2, 0.25) is 0 Å². The van der Waals surface area contributed by atoms with Gasteiger partial charge in [-0.2, -0.15) is 0 Å². The highest BCUT2D eigenvalue weighted by atomic mass is 16.5. The number of nitrogens with zero attached hydrogens (tertiary/aromatic N) is 1. The number of hydrogen-bond donors (Lipinski definition) is 3. The van der Waals surface area contributed by atoms with E-state index >= 15 is 0 Å². The smallest absolute Gasteiger partial charge is 0.191 e. The van der Waals surface area contributed by atoms with E-state index < -0.39 is 0 Å². The van der Waals surface area contributed by atoms with Crippen LogP contribution in [0.15, 0.2) is 29.3 Å². The van der Waals surface area contributed by atoms with Gasteiger partial charge < -0.3 is 20.7 Å². The van der Waals surface area contributed by atoms with Crippen LogP contribution in [0.25, 0.3) is 0 Å². The fourth-order valence-electron chi connectivity index (χ4n) is 3.11. The molecule has 0 unspecified atom stereocenters. The summed E-state index contributed by atoms with van der Waals surface area (Å²) in [5, 5.41) is 10.3. The summed E-state index contributed by atoms with van der Waals surface area (Å²) in [4.78, 5) is 4.76. The molecule has 3 N–H and O–H groups in total. The van der Waals surface area contributed by atoms with Crippen LogP contribution in [0.3, 0.4) is 0 Å². The molecule has 140 valence electrons. The van der Waals surface area contributed by atoms with Crippen molar-refractivity contribution in [3.63, 3.8) is 0 Å². The molecule has 0 aromatic heterocycles. The maximum atomic E-state index is 5.05. The van der Waals surface area contributed by atoms with Crippen molar-refractivity contribution in [1.29, 1.82) is 0 Å². The third kappa shape index (κ3) is 7.34. The van der Waals surface area contributed by atoms with Gasteiger partial charge in [-0.15, -0.1) is 0 Å². The fourth-order valence-corrected chi connectivity index (χ4v) is 3.11. The lowest BCUT2D eigenvalue weighted by atomic mass is 9.87. The normalized spacial score (nSPS) is 21.0. The van der Waals surface area contributed by atoms with Crippen LogP contribution in [0, 0.1) is 5.92 Å². The number of aliphatic imine (C=N–C) groups is 1. The number of ether oxygens (including phenoxy) is 1. The molecule has 1 saturated carbocycles. The van der Waals surface area contributed by atoms with Crippen LogP contribution >= 0.6 is 0 Å². The lowest BCUT2D eigenvalue weighted by Gasteiger charge is -2.28. The van der Waals surface area contributed by atoms with Gasteiger partial charge in [-0.05, 0) is 56.2 Å². The standard InChI is InChI=1S/C20H34N4O/c1-4-21-20(24-19-9-5-16(2)6-10-19)23-15-17-7-11-18(12-8-17)22-13-14-25-3/h7-8,11-12,16,19,22H,4-6,9-10,13-15H2,1-3H3,(H2,21,23,24). The molecule has 25 heavy (non-hydrogen) atoms. The Morgan fingerprint density at radius 3 is 2.52 bits per heavy atom.